The maximum atomic E-state index is 12.6. The van der Waals surface area contributed by atoms with Gasteiger partial charge in [-0.15, -0.1) is 10.2 Å². The molecule has 0 radical (unpaired) electrons. The number of hydrogen-bond acceptors (Lipinski definition) is 5. The standard InChI is InChI=1S/C24H25N5O2/c1-16-4-2-3-5-20(16)21-10-11-22(28-27-21)29-14-12-18(13-15-29)24(31)26-19-8-6-17(7-9-19)23(25)30/h2-11,18H,12-15H2,1H3,(H2,25,30)(H,26,31). The van der Waals surface area contributed by atoms with Crippen LogP contribution in [0.4, 0.5) is 11.5 Å². The minimum Gasteiger partial charge on any atom is -0.366 e. The normalized spacial score (nSPS) is 14.3. The van der Waals surface area contributed by atoms with Crippen LogP contribution in [0.25, 0.3) is 11.3 Å². The average Bonchev–Trinajstić information content (AvgIpc) is 2.80. The zero-order valence-electron chi connectivity index (χ0n) is 17.4. The summed E-state index contributed by atoms with van der Waals surface area (Å²) in [6.07, 6.45) is 1.48. The monoisotopic (exact) mass is 415 g/mol. The van der Waals surface area contributed by atoms with E-state index in [4.69, 9.17) is 5.73 Å². The molecule has 0 aliphatic carbocycles. The molecule has 2 heterocycles. The molecule has 0 spiro atoms. The highest BCUT2D eigenvalue weighted by molar-refractivity contribution is 5.95. The Hall–Kier alpha value is -3.74. The Morgan fingerprint density at radius 3 is 2.29 bits per heavy atom. The number of hydrogen-bond donors (Lipinski definition) is 2. The van der Waals surface area contributed by atoms with Crippen LogP contribution in [0.3, 0.4) is 0 Å². The van der Waals surface area contributed by atoms with E-state index in [9.17, 15) is 9.59 Å². The number of primary amides is 1. The minimum atomic E-state index is -0.486. The van der Waals surface area contributed by atoms with E-state index < -0.39 is 5.91 Å². The fraction of sp³-hybridized carbons (Fsp3) is 0.250. The lowest BCUT2D eigenvalue weighted by molar-refractivity contribution is -0.120. The second-order valence-corrected chi connectivity index (χ2v) is 7.78. The van der Waals surface area contributed by atoms with Crippen molar-refractivity contribution in [1.29, 1.82) is 0 Å². The Bertz CT molecular complexity index is 1070. The molecule has 158 valence electrons. The average molecular weight is 415 g/mol. The van der Waals surface area contributed by atoms with Crippen molar-refractivity contribution in [3.63, 3.8) is 0 Å². The molecule has 1 fully saturated rings. The van der Waals surface area contributed by atoms with Crippen molar-refractivity contribution >= 4 is 23.3 Å². The molecule has 0 saturated carbocycles. The van der Waals surface area contributed by atoms with E-state index in [1.165, 1.54) is 5.56 Å². The van der Waals surface area contributed by atoms with Crippen LogP contribution in [0.5, 0.6) is 0 Å². The first-order valence-electron chi connectivity index (χ1n) is 10.4. The lowest BCUT2D eigenvalue weighted by Crippen LogP contribution is -2.38. The third kappa shape index (κ3) is 4.71. The van der Waals surface area contributed by atoms with Gasteiger partial charge in [-0.3, -0.25) is 9.59 Å². The molecule has 0 bridgehead atoms. The highest BCUT2D eigenvalue weighted by Crippen LogP contribution is 2.25. The summed E-state index contributed by atoms with van der Waals surface area (Å²) in [5.41, 5.74) is 9.44. The second kappa shape index (κ2) is 8.95. The molecule has 2 amide bonds. The van der Waals surface area contributed by atoms with Crippen LogP contribution in [0.15, 0.2) is 60.7 Å². The molecule has 1 aliphatic rings. The molecule has 31 heavy (non-hydrogen) atoms. The smallest absolute Gasteiger partial charge is 0.248 e. The SMILES string of the molecule is Cc1ccccc1-c1ccc(N2CCC(C(=O)Nc3ccc(C(N)=O)cc3)CC2)nn1. The Balaban J connectivity index is 1.33. The first-order chi connectivity index (χ1) is 15.0. The molecule has 2 aromatic carbocycles. The highest BCUT2D eigenvalue weighted by atomic mass is 16.2. The van der Waals surface area contributed by atoms with E-state index in [-0.39, 0.29) is 11.8 Å². The molecule has 1 aliphatic heterocycles. The molecule has 4 rings (SSSR count). The van der Waals surface area contributed by atoms with Gasteiger partial charge in [-0.1, -0.05) is 24.3 Å². The summed E-state index contributed by atoms with van der Waals surface area (Å²) in [6.45, 7) is 3.56. The van der Waals surface area contributed by atoms with Crippen LogP contribution < -0.4 is 16.0 Å². The topological polar surface area (TPSA) is 101 Å². The molecular weight excluding hydrogens is 390 g/mol. The number of carbonyl (C=O) groups excluding carboxylic acids is 2. The van der Waals surface area contributed by atoms with Crippen LogP contribution in [0.1, 0.15) is 28.8 Å². The van der Waals surface area contributed by atoms with Gasteiger partial charge in [0, 0.05) is 35.8 Å². The number of aromatic nitrogens is 2. The maximum Gasteiger partial charge on any atom is 0.248 e. The van der Waals surface area contributed by atoms with Crippen LogP contribution in [-0.2, 0) is 4.79 Å². The zero-order valence-corrected chi connectivity index (χ0v) is 17.4. The molecule has 1 aromatic heterocycles. The van der Waals surface area contributed by atoms with Crippen LogP contribution in [0, 0.1) is 12.8 Å². The van der Waals surface area contributed by atoms with E-state index in [1.54, 1.807) is 24.3 Å². The third-order valence-corrected chi connectivity index (χ3v) is 5.70. The Morgan fingerprint density at radius 2 is 1.68 bits per heavy atom. The second-order valence-electron chi connectivity index (χ2n) is 7.78. The minimum absolute atomic E-state index is 0.00698. The number of piperidine rings is 1. The molecule has 0 atom stereocenters. The molecular formula is C24H25N5O2. The van der Waals surface area contributed by atoms with Crippen molar-refractivity contribution in [3.8, 4) is 11.3 Å². The van der Waals surface area contributed by atoms with Crippen molar-refractivity contribution in [2.24, 2.45) is 11.7 Å². The van der Waals surface area contributed by atoms with Gasteiger partial charge in [0.2, 0.25) is 11.8 Å². The fourth-order valence-electron chi connectivity index (χ4n) is 3.83. The van der Waals surface area contributed by atoms with Crippen molar-refractivity contribution in [1.82, 2.24) is 10.2 Å². The predicted octanol–water partition coefficient (Wildman–Crippen LogP) is 3.41. The molecule has 1 saturated heterocycles. The van der Waals surface area contributed by atoms with Gasteiger partial charge in [0.25, 0.3) is 0 Å². The number of nitrogens with one attached hydrogen (secondary N) is 1. The van der Waals surface area contributed by atoms with Crippen molar-refractivity contribution < 1.29 is 9.59 Å². The number of nitrogens with zero attached hydrogens (tertiary/aromatic N) is 3. The summed E-state index contributed by atoms with van der Waals surface area (Å²) in [5.74, 6) is 0.275. The van der Waals surface area contributed by atoms with Gasteiger partial charge in [-0.05, 0) is 61.7 Å². The molecule has 0 unspecified atom stereocenters. The first kappa shape index (κ1) is 20.5. The van der Waals surface area contributed by atoms with Gasteiger partial charge in [0.05, 0.1) is 5.69 Å². The summed E-state index contributed by atoms with van der Waals surface area (Å²) in [7, 11) is 0. The number of anilines is 2. The summed E-state index contributed by atoms with van der Waals surface area (Å²) in [6, 6.07) is 18.7. The van der Waals surface area contributed by atoms with Gasteiger partial charge in [-0.25, -0.2) is 0 Å². The number of carbonyl (C=O) groups is 2. The largest absolute Gasteiger partial charge is 0.366 e. The molecule has 7 nitrogen and oxygen atoms in total. The van der Waals surface area contributed by atoms with E-state index in [0.717, 1.165) is 43.0 Å². The summed E-state index contributed by atoms with van der Waals surface area (Å²) in [4.78, 5) is 25.9. The quantitative estimate of drug-likeness (QED) is 0.665. The number of aryl methyl sites for hydroxylation is 1. The maximum absolute atomic E-state index is 12.6. The van der Waals surface area contributed by atoms with Gasteiger partial charge >= 0.3 is 0 Å². The van der Waals surface area contributed by atoms with E-state index in [1.807, 2.05) is 30.3 Å². The molecule has 3 aromatic rings. The van der Waals surface area contributed by atoms with Crippen LogP contribution in [-0.4, -0.2) is 35.1 Å². The fourth-order valence-corrected chi connectivity index (χ4v) is 3.83. The molecule has 3 N–H and O–H groups in total. The van der Waals surface area contributed by atoms with Crippen molar-refractivity contribution in [3.05, 3.63) is 71.8 Å². The van der Waals surface area contributed by atoms with Crippen molar-refractivity contribution in [2.75, 3.05) is 23.3 Å². The molecule has 7 heteroatoms. The third-order valence-electron chi connectivity index (χ3n) is 5.70. The lowest BCUT2D eigenvalue weighted by atomic mass is 9.95. The Morgan fingerprint density at radius 1 is 0.968 bits per heavy atom. The Labute approximate surface area is 181 Å². The summed E-state index contributed by atoms with van der Waals surface area (Å²) in [5, 5.41) is 11.8. The number of amides is 2. The highest BCUT2D eigenvalue weighted by Gasteiger charge is 2.26. The van der Waals surface area contributed by atoms with E-state index in [0.29, 0.717) is 11.3 Å². The predicted molar refractivity (Wildman–Crippen MR) is 121 cm³/mol. The first-order valence-corrected chi connectivity index (χ1v) is 10.4. The van der Waals surface area contributed by atoms with Gasteiger partial charge in [0.15, 0.2) is 5.82 Å². The van der Waals surface area contributed by atoms with Gasteiger partial charge in [-0.2, -0.15) is 0 Å². The summed E-state index contributed by atoms with van der Waals surface area (Å²) >= 11 is 0. The number of rotatable bonds is 5. The lowest BCUT2D eigenvalue weighted by Gasteiger charge is -2.31. The van der Waals surface area contributed by atoms with E-state index in [2.05, 4.69) is 33.4 Å². The van der Waals surface area contributed by atoms with E-state index >= 15 is 0 Å². The van der Waals surface area contributed by atoms with Gasteiger partial charge < -0.3 is 16.0 Å². The number of benzene rings is 2. The van der Waals surface area contributed by atoms with Gasteiger partial charge in [0.1, 0.15) is 0 Å². The summed E-state index contributed by atoms with van der Waals surface area (Å²) < 4.78 is 0. The zero-order chi connectivity index (χ0) is 21.8. The number of nitrogens with two attached hydrogens (primary N) is 1. The Kier molecular flexibility index (Phi) is 5.93. The van der Waals surface area contributed by atoms with Crippen LogP contribution in [0.2, 0.25) is 0 Å². The van der Waals surface area contributed by atoms with Crippen LogP contribution >= 0.6 is 0 Å². The van der Waals surface area contributed by atoms with Crippen molar-refractivity contribution in [2.45, 2.75) is 19.8 Å².